The zero-order chi connectivity index (χ0) is 16.9. The van der Waals surface area contributed by atoms with E-state index in [1.54, 1.807) is 6.92 Å². The average molecular weight is 324 g/mol. The molecule has 1 aliphatic rings. The molecule has 1 aliphatic carbocycles. The molecule has 0 saturated heterocycles. The topological polar surface area (TPSA) is 70.1 Å². The molecule has 1 aromatic carbocycles. The summed E-state index contributed by atoms with van der Waals surface area (Å²) in [5, 5.41) is 4.32. The van der Waals surface area contributed by atoms with Gasteiger partial charge in [-0.1, -0.05) is 43.5 Å². The highest BCUT2D eigenvalue weighted by atomic mass is 16.1. The summed E-state index contributed by atoms with van der Waals surface area (Å²) in [5.74, 6) is 1.07. The minimum Gasteiger partial charge on any atom is -0.291 e. The Hall–Kier alpha value is -2.43. The fourth-order valence-corrected chi connectivity index (χ4v) is 3.27. The third-order valence-electron chi connectivity index (χ3n) is 4.60. The van der Waals surface area contributed by atoms with Crippen molar-refractivity contribution in [3.8, 4) is 0 Å². The molecule has 1 saturated carbocycles. The molecule has 0 spiro atoms. The standard InChI is InChI=1S/C19H24N4O/c1-13-12-18(24)21-19(20-13)23-22-14(2)15-8-10-17(11-9-15)16-6-4-3-5-7-16/h8-12,16H,3-7H2,1-2H3,(H2,20,21,23,24)/b22-14+. The number of nitrogens with one attached hydrogen (secondary N) is 2. The van der Waals surface area contributed by atoms with Gasteiger partial charge in [0.2, 0.25) is 5.95 Å². The van der Waals surface area contributed by atoms with Crippen LogP contribution in [0.15, 0.2) is 40.2 Å². The van der Waals surface area contributed by atoms with Gasteiger partial charge in [0.25, 0.3) is 5.56 Å². The lowest BCUT2D eigenvalue weighted by atomic mass is 9.84. The van der Waals surface area contributed by atoms with Crippen molar-refractivity contribution in [3.63, 3.8) is 0 Å². The first-order chi connectivity index (χ1) is 11.6. The minimum absolute atomic E-state index is 0.185. The number of H-pyrrole nitrogens is 1. The molecule has 2 N–H and O–H groups in total. The highest BCUT2D eigenvalue weighted by molar-refractivity contribution is 5.99. The summed E-state index contributed by atoms with van der Waals surface area (Å²) in [4.78, 5) is 18.3. The predicted molar refractivity (Wildman–Crippen MR) is 97.7 cm³/mol. The molecule has 1 aromatic heterocycles. The van der Waals surface area contributed by atoms with Crippen molar-refractivity contribution in [2.45, 2.75) is 51.9 Å². The lowest BCUT2D eigenvalue weighted by Gasteiger charge is -2.22. The Kier molecular flexibility index (Phi) is 5.08. The lowest BCUT2D eigenvalue weighted by Crippen LogP contribution is -2.11. The number of aromatic nitrogens is 2. The van der Waals surface area contributed by atoms with Crippen LogP contribution >= 0.6 is 0 Å². The van der Waals surface area contributed by atoms with E-state index in [9.17, 15) is 4.79 Å². The Morgan fingerprint density at radius 1 is 1.21 bits per heavy atom. The van der Waals surface area contributed by atoms with Gasteiger partial charge in [0, 0.05) is 11.8 Å². The molecular weight excluding hydrogens is 300 g/mol. The Balaban J connectivity index is 1.69. The number of hydrazone groups is 1. The van der Waals surface area contributed by atoms with Gasteiger partial charge in [-0.05, 0) is 43.7 Å². The molecule has 24 heavy (non-hydrogen) atoms. The zero-order valence-corrected chi connectivity index (χ0v) is 14.3. The SMILES string of the molecule is C/C(=N\Nc1nc(C)cc(=O)[nH]1)c1ccc(C2CCCCC2)cc1. The maximum atomic E-state index is 11.4. The van der Waals surface area contributed by atoms with Crippen LogP contribution in [0, 0.1) is 6.92 Å². The van der Waals surface area contributed by atoms with Gasteiger partial charge in [-0.3, -0.25) is 9.78 Å². The van der Waals surface area contributed by atoms with E-state index in [1.165, 1.54) is 43.7 Å². The first-order valence-electron chi connectivity index (χ1n) is 8.60. The first-order valence-corrected chi connectivity index (χ1v) is 8.60. The Morgan fingerprint density at radius 2 is 1.92 bits per heavy atom. The lowest BCUT2D eigenvalue weighted by molar-refractivity contribution is 0.443. The Labute approximate surface area is 142 Å². The minimum atomic E-state index is -0.185. The quantitative estimate of drug-likeness (QED) is 0.660. The van der Waals surface area contributed by atoms with E-state index in [2.05, 4.69) is 44.8 Å². The van der Waals surface area contributed by atoms with Gasteiger partial charge < -0.3 is 0 Å². The van der Waals surface area contributed by atoms with Crippen LogP contribution in [0.1, 0.15) is 61.8 Å². The summed E-state index contributed by atoms with van der Waals surface area (Å²) in [6.07, 6.45) is 6.68. The summed E-state index contributed by atoms with van der Waals surface area (Å²) in [5.41, 5.74) is 6.65. The van der Waals surface area contributed by atoms with Crippen molar-refractivity contribution in [2.24, 2.45) is 5.10 Å². The highest BCUT2D eigenvalue weighted by Crippen LogP contribution is 2.32. The fraction of sp³-hybridized carbons (Fsp3) is 0.421. The summed E-state index contributed by atoms with van der Waals surface area (Å²) < 4.78 is 0. The highest BCUT2D eigenvalue weighted by Gasteiger charge is 2.15. The number of hydrogen-bond acceptors (Lipinski definition) is 4. The van der Waals surface area contributed by atoms with Crippen molar-refractivity contribution in [1.82, 2.24) is 9.97 Å². The van der Waals surface area contributed by atoms with E-state index in [4.69, 9.17) is 0 Å². The van der Waals surface area contributed by atoms with E-state index in [1.807, 2.05) is 6.92 Å². The van der Waals surface area contributed by atoms with Gasteiger partial charge in [0.05, 0.1) is 5.71 Å². The maximum Gasteiger partial charge on any atom is 0.252 e. The summed E-state index contributed by atoms with van der Waals surface area (Å²) >= 11 is 0. The molecule has 0 unspecified atom stereocenters. The molecule has 0 radical (unpaired) electrons. The Bertz CT molecular complexity index is 771. The molecule has 3 rings (SSSR count). The van der Waals surface area contributed by atoms with Crippen LogP contribution in [-0.2, 0) is 0 Å². The predicted octanol–water partition coefficient (Wildman–Crippen LogP) is 3.96. The van der Waals surface area contributed by atoms with E-state index >= 15 is 0 Å². The van der Waals surface area contributed by atoms with Crippen molar-refractivity contribution in [1.29, 1.82) is 0 Å². The second-order valence-corrected chi connectivity index (χ2v) is 6.50. The van der Waals surface area contributed by atoms with Gasteiger partial charge >= 0.3 is 0 Å². The van der Waals surface area contributed by atoms with Crippen molar-refractivity contribution in [3.05, 3.63) is 57.5 Å². The van der Waals surface area contributed by atoms with Gasteiger partial charge in [0.15, 0.2) is 0 Å². The molecule has 2 aromatic rings. The van der Waals surface area contributed by atoms with E-state index in [0.29, 0.717) is 17.6 Å². The molecule has 0 aliphatic heterocycles. The van der Waals surface area contributed by atoms with Crippen LogP contribution in [0.25, 0.3) is 0 Å². The number of anilines is 1. The van der Waals surface area contributed by atoms with Crippen molar-refractivity contribution < 1.29 is 0 Å². The van der Waals surface area contributed by atoms with E-state index < -0.39 is 0 Å². The molecular formula is C19H24N4O. The van der Waals surface area contributed by atoms with Crippen LogP contribution in [0.4, 0.5) is 5.95 Å². The second kappa shape index (κ2) is 7.43. The second-order valence-electron chi connectivity index (χ2n) is 6.50. The number of aromatic amines is 1. The third kappa shape index (κ3) is 4.10. The largest absolute Gasteiger partial charge is 0.291 e. The average Bonchev–Trinajstić information content (AvgIpc) is 2.60. The van der Waals surface area contributed by atoms with E-state index in [-0.39, 0.29) is 5.56 Å². The zero-order valence-electron chi connectivity index (χ0n) is 14.3. The molecule has 0 amide bonds. The molecule has 5 heteroatoms. The number of hydrogen-bond donors (Lipinski definition) is 2. The summed E-state index contributed by atoms with van der Waals surface area (Å²) in [6, 6.07) is 10.1. The molecule has 0 atom stereocenters. The summed E-state index contributed by atoms with van der Waals surface area (Å²) in [6.45, 7) is 3.72. The normalized spacial score (nSPS) is 16.2. The maximum absolute atomic E-state index is 11.4. The van der Waals surface area contributed by atoms with Crippen LogP contribution in [-0.4, -0.2) is 15.7 Å². The molecule has 126 valence electrons. The van der Waals surface area contributed by atoms with Crippen LogP contribution in [0.5, 0.6) is 0 Å². The first kappa shape index (κ1) is 16.4. The van der Waals surface area contributed by atoms with Crippen LogP contribution < -0.4 is 11.0 Å². The fourth-order valence-electron chi connectivity index (χ4n) is 3.27. The number of aryl methyl sites for hydroxylation is 1. The summed E-state index contributed by atoms with van der Waals surface area (Å²) in [7, 11) is 0. The smallest absolute Gasteiger partial charge is 0.252 e. The number of nitrogens with zero attached hydrogens (tertiary/aromatic N) is 2. The van der Waals surface area contributed by atoms with Gasteiger partial charge in [-0.15, -0.1) is 0 Å². The van der Waals surface area contributed by atoms with Crippen molar-refractivity contribution >= 4 is 11.7 Å². The van der Waals surface area contributed by atoms with Gasteiger partial charge in [-0.2, -0.15) is 5.10 Å². The van der Waals surface area contributed by atoms with Gasteiger partial charge in [-0.25, -0.2) is 10.4 Å². The van der Waals surface area contributed by atoms with Gasteiger partial charge in [0.1, 0.15) is 0 Å². The monoisotopic (exact) mass is 324 g/mol. The number of rotatable bonds is 4. The van der Waals surface area contributed by atoms with Crippen LogP contribution in [0.2, 0.25) is 0 Å². The van der Waals surface area contributed by atoms with Crippen molar-refractivity contribution in [2.75, 3.05) is 5.43 Å². The molecule has 0 bridgehead atoms. The van der Waals surface area contributed by atoms with E-state index in [0.717, 1.165) is 11.3 Å². The molecule has 1 heterocycles. The Morgan fingerprint density at radius 3 is 2.58 bits per heavy atom. The molecule has 1 fully saturated rings. The number of benzene rings is 1. The van der Waals surface area contributed by atoms with Crippen LogP contribution in [0.3, 0.4) is 0 Å². The third-order valence-corrected chi connectivity index (χ3v) is 4.60. The molecule has 5 nitrogen and oxygen atoms in total.